The van der Waals surface area contributed by atoms with Crippen molar-refractivity contribution in [2.45, 2.75) is 0 Å². The molecule has 78 valence electrons. The molecular weight excluding hydrogens is 237 g/mol. The van der Waals surface area contributed by atoms with E-state index in [1.165, 1.54) is 9.02 Å². The first-order chi connectivity index (χ1) is 7.06. The van der Waals surface area contributed by atoms with Gasteiger partial charge in [-0.15, -0.1) is 0 Å². The van der Waals surface area contributed by atoms with Crippen LogP contribution in [0.2, 0.25) is 5.02 Å². The van der Waals surface area contributed by atoms with E-state index in [9.17, 15) is 9.59 Å². The Hall–Kier alpha value is -1.19. The van der Waals surface area contributed by atoms with Crippen LogP contribution in [0.15, 0.2) is 11.0 Å². The standard InChI is InChI=1S/C8H7ClN3O2P/c1-11-2-5-7(10-11)6(9)4(3-13)8(14)12(5)15/h2-3H,15H2,1H3. The second-order valence-corrected chi connectivity index (χ2v) is 3.95. The molecule has 0 fully saturated rings. The van der Waals surface area contributed by atoms with Gasteiger partial charge in [0.2, 0.25) is 0 Å². The second kappa shape index (κ2) is 3.43. The van der Waals surface area contributed by atoms with Crippen LogP contribution >= 0.6 is 21.0 Å². The van der Waals surface area contributed by atoms with Gasteiger partial charge in [-0.3, -0.25) is 18.6 Å². The Kier molecular flexibility index (Phi) is 2.37. The van der Waals surface area contributed by atoms with Crippen molar-refractivity contribution in [3.8, 4) is 0 Å². The molecule has 0 spiro atoms. The van der Waals surface area contributed by atoms with Gasteiger partial charge in [-0.1, -0.05) is 11.6 Å². The smallest absolute Gasteiger partial charge is 0.266 e. The molecule has 0 saturated carbocycles. The number of halogens is 1. The van der Waals surface area contributed by atoms with Crippen LogP contribution in [0.5, 0.6) is 0 Å². The molecule has 0 saturated heterocycles. The summed E-state index contributed by atoms with van der Waals surface area (Å²) in [5, 5.41) is 4.18. The molecule has 0 bridgehead atoms. The van der Waals surface area contributed by atoms with Crippen molar-refractivity contribution in [1.29, 1.82) is 0 Å². The Labute approximate surface area is 91.9 Å². The Bertz CT molecular complexity index is 616. The first-order valence-electron chi connectivity index (χ1n) is 4.04. The summed E-state index contributed by atoms with van der Waals surface area (Å²) in [5.74, 6) is 0. The van der Waals surface area contributed by atoms with E-state index in [0.717, 1.165) is 0 Å². The number of hydrogen-bond donors (Lipinski definition) is 0. The zero-order chi connectivity index (χ0) is 11.2. The number of rotatable bonds is 1. The molecule has 0 aromatic carbocycles. The van der Waals surface area contributed by atoms with Gasteiger partial charge in [0.05, 0.1) is 10.5 Å². The van der Waals surface area contributed by atoms with Crippen molar-refractivity contribution in [2.75, 3.05) is 0 Å². The van der Waals surface area contributed by atoms with Crippen molar-refractivity contribution in [2.24, 2.45) is 7.05 Å². The van der Waals surface area contributed by atoms with Crippen LogP contribution in [0.25, 0.3) is 11.0 Å². The Morgan fingerprint density at radius 2 is 2.27 bits per heavy atom. The number of nitrogens with zero attached hydrogens (tertiary/aromatic N) is 3. The second-order valence-electron chi connectivity index (χ2n) is 3.06. The third-order valence-electron chi connectivity index (χ3n) is 2.08. The number of carbonyl (C=O) groups is 1. The number of pyridine rings is 1. The normalized spacial score (nSPS) is 10.9. The molecule has 7 heteroatoms. The average Bonchev–Trinajstić information content (AvgIpc) is 2.58. The third kappa shape index (κ3) is 1.39. The van der Waals surface area contributed by atoms with Crippen LogP contribution in [0, 0.1) is 0 Å². The fourth-order valence-electron chi connectivity index (χ4n) is 1.37. The zero-order valence-electron chi connectivity index (χ0n) is 7.77. The molecule has 1 atom stereocenters. The lowest BCUT2D eigenvalue weighted by atomic mass is 10.2. The minimum atomic E-state index is -0.444. The molecule has 0 aliphatic heterocycles. The first kappa shape index (κ1) is 10.3. The Morgan fingerprint density at radius 1 is 1.60 bits per heavy atom. The maximum Gasteiger partial charge on any atom is 0.266 e. The fourth-order valence-corrected chi connectivity index (χ4v) is 1.96. The van der Waals surface area contributed by atoms with E-state index in [-0.39, 0.29) is 10.6 Å². The lowest BCUT2D eigenvalue weighted by Gasteiger charge is -2.01. The van der Waals surface area contributed by atoms with E-state index in [1.54, 1.807) is 13.2 Å². The highest BCUT2D eigenvalue weighted by molar-refractivity contribution is 7.14. The monoisotopic (exact) mass is 243 g/mol. The maximum absolute atomic E-state index is 11.6. The van der Waals surface area contributed by atoms with Gasteiger partial charge in [-0.05, 0) is 9.39 Å². The van der Waals surface area contributed by atoms with Gasteiger partial charge < -0.3 is 0 Å². The lowest BCUT2D eigenvalue weighted by molar-refractivity contribution is 0.112. The highest BCUT2D eigenvalue weighted by Gasteiger charge is 2.15. The van der Waals surface area contributed by atoms with Crippen LogP contribution in [-0.2, 0) is 7.05 Å². The topological polar surface area (TPSA) is 56.9 Å². The summed E-state index contributed by atoms with van der Waals surface area (Å²) in [7, 11) is 3.95. The predicted molar refractivity (Wildman–Crippen MR) is 60.5 cm³/mol. The molecule has 5 nitrogen and oxygen atoms in total. The Balaban J connectivity index is 3.08. The van der Waals surface area contributed by atoms with E-state index in [4.69, 9.17) is 11.6 Å². The molecule has 0 aliphatic rings. The lowest BCUT2D eigenvalue weighted by Crippen LogP contribution is -2.17. The van der Waals surface area contributed by atoms with E-state index in [1.807, 2.05) is 0 Å². The molecule has 1 unspecified atom stereocenters. The summed E-state index contributed by atoms with van der Waals surface area (Å²) in [6.07, 6.45) is 2.10. The van der Waals surface area contributed by atoms with Crippen molar-refractivity contribution in [3.63, 3.8) is 0 Å². The molecule has 2 heterocycles. The molecule has 2 rings (SSSR count). The Morgan fingerprint density at radius 3 is 2.87 bits per heavy atom. The van der Waals surface area contributed by atoms with Gasteiger partial charge in [0.15, 0.2) is 6.29 Å². The predicted octanol–water partition coefficient (Wildman–Crippen LogP) is 0.839. The summed E-state index contributed by atoms with van der Waals surface area (Å²) in [5.41, 5.74) is 0.498. The van der Waals surface area contributed by atoms with Crippen molar-refractivity contribution in [3.05, 3.63) is 27.1 Å². The molecule has 15 heavy (non-hydrogen) atoms. The highest BCUT2D eigenvalue weighted by atomic mass is 35.5. The number of aryl methyl sites for hydroxylation is 1. The number of hydrogen-bond acceptors (Lipinski definition) is 3. The van der Waals surface area contributed by atoms with Crippen molar-refractivity contribution in [1.82, 2.24) is 14.1 Å². The number of aldehydes is 1. The largest absolute Gasteiger partial charge is 0.298 e. The fraction of sp³-hybridized carbons (Fsp3) is 0.125. The summed E-state index contributed by atoms with van der Waals surface area (Å²) >= 11 is 5.90. The third-order valence-corrected chi connectivity index (χ3v) is 2.98. The van der Waals surface area contributed by atoms with Gasteiger partial charge >= 0.3 is 0 Å². The van der Waals surface area contributed by atoms with Gasteiger partial charge in [0.25, 0.3) is 5.56 Å². The average molecular weight is 244 g/mol. The van der Waals surface area contributed by atoms with Crippen LogP contribution < -0.4 is 5.56 Å². The zero-order valence-corrected chi connectivity index (χ0v) is 9.68. The van der Waals surface area contributed by atoms with Gasteiger partial charge in [-0.2, -0.15) is 5.10 Å². The summed E-state index contributed by atoms with van der Waals surface area (Å²) < 4.78 is 2.81. The van der Waals surface area contributed by atoms with Gasteiger partial charge in [0, 0.05) is 13.2 Å². The van der Waals surface area contributed by atoms with E-state index >= 15 is 0 Å². The van der Waals surface area contributed by atoms with E-state index in [0.29, 0.717) is 17.3 Å². The molecule has 0 radical (unpaired) electrons. The minimum Gasteiger partial charge on any atom is -0.298 e. The quantitative estimate of drug-likeness (QED) is 0.551. The van der Waals surface area contributed by atoms with Crippen LogP contribution in [0.4, 0.5) is 0 Å². The van der Waals surface area contributed by atoms with Crippen molar-refractivity contribution < 1.29 is 4.79 Å². The number of aromatic nitrogens is 3. The van der Waals surface area contributed by atoms with Crippen LogP contribution in [-0.4, -0.2) is 20.4 Å². The first-order valence-corrected chi connectivity index (χ1v) is 4.93. The van der Waals surface area contributed by atoms with E-state index < -0.39 is 5.56 Å². The summed E-state index contributed by atoms with van der Waals surface area (Å²) in [6, 6.07) is 0. The minimum absolute atomic E-state index is 0.0714. The number of fused-ring (bicyclic) bond motifs is 1. The van der Waals surface area contributed by atoms with Crippen LogP contribution in [0.3, 0.4) is 0 Å². The maximum atomic E-state index is 11.6. The molecule has 2 aromatic rings. The van der Waals surface area contributed by atoms with Gasteiger partial charge in [0.1, 0.15) is 11.1 Å². The molecule has 0 N–H and O–H groups in total. The van der Waals surface area contributed by atoms with Crippen molar-refractivity contribution >= 4 is 38.3 Å². The SMILES string of the molecule is Cn1cc2c(n1)c(Cl)c(C=O)c(=O)n2P. The molecule has 2 aromatic heterocycles. The molecule has 0 amide bonds. The molecular formula is C8H7ClN3O2P. The molecule has 0 aliphatic carbocycles. The number of carbonyl (C=O) groups excluding carboxylic acids is 1. The van der Waals surface area contributed by atoms with Crippen LogP contribution in [0.1, 0.15) is 10.4 Å². The summed E-state index contributed by atoms with van der Waals surface area (Å²) in [6.45, 7) is 0. The summed E-state index contributed by atoms with van der Waals surface area (Å²) in [4.78, 5) is 22.3. The highest BCUT2D eigenvalue weighted by Crippen LogP contribution is 2.23. The van der Waals surface area contributed by atoms with E-state index in [2.05, 4.69) is 14.5 Å². The van der Waals surface area contributed by atoms with Gasteiger partial charge in [-0.25, -0.2) is 0 Å².